The van der Waals surface area contributed by atoms with E-state index in [1.165, 1.54) is 7.11 Å². The minimum atomic E-state index is -1.32. The summed E-state index contributed by atoms with van der Waals surface area (Å²) in [6.07, 6.45) is 3.76. The number of ketones is 1. The summed E-state index contributed by atoms with van der Waals surface area (Å²) in [5.41, 5.74) is 1.69. The van der Waals surface area contributed by atoms with Crippen molar-refractivity contribution in [3.63, 3.8) is 0 Å². The van der Waals surface area contributed by atoms with Crippen molar-refractivity contribution in [2.75, 3.05) is 26.5 Å². The first kappa shape index (κ1) is 18.4. The van der Waals surface area contributed by atoms with Gasteiger partial charge in [0.05, 0.1) is 19.3 Å². The Balaban J connectivity index is 1.95. The van der Waals surface area contributed by atoms with E-state index in [0.29, 0.717) is 47.1 Å². The van der Waals surface area contributed by atoms with Crippen LogP contribution >= 0.6 is 0 Å². The Hall–Kier alpha value is -2.41. The van der Waals surface area contributed by atoms with E-state index in [9.17, 15) is 13.8 Å². The first-order valence-corrected chi connectivity index (χ1v) is 9.94. The van der Waals surface area contributed by atoms with Gasteiger partial charge < -0.3 is 14.4 Å². The smallest absolute Gasteiger partial charge is 0.335 e. The van der Waals surface area contributed by atoms with Crippen molar-refractivity contribution in [1.29, 1.82) is 0 Å². The highest BCUT2D eigenvalue weighted by atomic mass is 32.2. The van der Waals surface area contributed by atoms with Gasteiger partial charge in [0, 0.05) is 39.8 Å². The Morgan fingerprint density at radius 2 is 1.96 bits per heavy atom. The molecule has 26 heavy (non-hydrogen) atoms. The molecule has 138 valence electrons. The minimum absolute atomic E-state index is 0.143. The maximum atomic E-state index is 13.1. The molecule has 2 unspecified atom stereocenters. The highest BCUT2D eigenvalue weighted by Crippen LogP contribution is 2.38. The molecule has 2 heterocycles. The van der Waals surface area contributed by atoms with E-state index in [2.05, 4.69) is 0 Å². The van der Waals surface area contributed by atoms with Gasteiger partial charge in [0.15, 0.2) is 5.78 Å². The fourth-order valence-corrected chi connectivity index (χ4v) is 4.17. The number of allylic oxidation sites excluding steroid dienone is 1. The van der Waals surface area contributed by atoms with Gasteiger partial charge in [-0.3, -0.25) is 9.00 Å². The molecule has 0 fully saturated rings. The Bertz CT molecular complexity index is 825. The van der Waals surface area contributed by atoms with Gasteiger partial charge in [-0.25, -0.2) is 4.79 Å². The highest BCUT2D eigenvalue weighted by Gasteiger charge is 2.42. The predicted octanol–water partition coefficient (Wildman–Crippen LogP) is 2.05. The molecule has 1 aromatic rings. The largest absolute Gasteiger partial charge is 0.494 e. The van der Waals surface area contributed by atoms with E-state index in [1.807, 2.05) is 11.8 Å². The molecule has 0 saturated heterocycles. The lowest BCUT2D eigenvalue weighted by Gasteiger charge is -2.25. The zero-order chi connectivity index (χ0) is 18.8. The maximum absolute atomic E-state index is 13.1. The number of Topliss-reactive ketones (excluding diaryl/α,β-unsaturated/α-hetero) is 1. The maximum Gasteiger partial charge on any atom is 0.335 e. The van der Waals surface area contributed by atoms with Gasteiger partial charge in [-0.15, -0.1) is 0 Å². The summed E-state index contributed by atoms with van der Waals surface area (Å²) in [4.78, 5) is 27.5. The lowest BCUT2D eigenvalue weighted by atomic mass is 10.0. The number of esters is 1. The van der Waals surface area contributed by atoms with Crippen LogP contribution in [0.5, 0.6) is 5.75 Å². The van der Waals surface area contributed by atoms with Gasteiger partial charge in [-0.05, 0) is 43.7 Å². The van der Waals surface area contributed by atoms with Crippen molar-refractivity contribution in [2.24, 2.45) is 0 Å². The molecule has 2 aliphatic heterocycles. The quantitative estimate of drug-likeness (QED) is 0.560. The number of rotatable bonds is 6. The number of methoxy groups -OCH3 is 1. The summed E-state index contributed by atoms with van der Waals surface area (Å²) in [6, 6.07) is 6.26. The SMILES string of the molecule is CCOc1ccc(C(=O)C2C(S(C)=O)=CC3=C(C(=O)OC)CCN32)cc1. The van der Waals surface area contributed by atoms with Crippen LogP contribution in [0.1, 0.15) is 23.7 Å². The van der Waals surface area contributed by atoms with Crippen LogP contribution in [0.25, 0.3) is 0 Å². The number of carbonyl (C=O) groups excluding carboxylic acids is 2. The molecule has 0 spiro atoms. The number of nitrogens with zero attached hydrogens (tertiary/aromatic N) is 1. The molecule has 1 aromatic carbocycles. The number of hydrogen-bond donors (Lipinski definition) is 0. The molecule has 6 nitrogen and oxygen atoms in total. The number of carbonyl (C=O) groups is 2. The average Bonchev–Trinajstić information content (AvgIpc) is 3.20. The van der Waals surface area contributed by atoms with Gasteiger partial charge in [-0.1, -0.05) is 0 Å². The molecule has 2 atom stereocenters. The lowest BCUT2D eigenvalue weighted by molar-refractivity contribution is -0.136. The van der Waals surface area contributed by atoms with Gasteiger partial charge in [0.2, 0.25) is 0 Å². The van der Waals surface area contributed by atoms with Crippen LogP contribution in [-0.2, 0) is 20.3 Å². The molecule has 7 heteroatoms. The molecule has 0 N–H and O–H groups in total. The second-order valence-electron chi connectivity index (χ2n) is 6.02. The van der Waals surface area contributed by atoms with Crippen molar-refractivity contribution >= 4 is 22.6 Å². The van der Waals surface area contributed by atoms with Crippen LogP contribution in [0.15, 0.2) is 46.5 Å². The number of fused-ring (bicyclic) bond motifs is 1. The fourth-order valence-electron chi connectivity index (χ4n) is 3.34. The average molecular weight is 375 g/mol. The van der Waals surface area contributed by atoms with Crippen LogP contribution in [0.4, 0.5) is 0 Å². The molecule has 0 radical (unpaired) electrons. The van der Waals surface area contributed by atoms with E-state index in [1.54, 1.807) is 36.6 Å². The first-order valence-electron chi connectivity index (χ1n) is 8.38. The van der Waals surface area contributed by atoms with Crippen molar-refractivity contribution in [2.45, 2.75) is 19.4 Å². The molecule has 0 aromatic heterocycles. The molecule has 0 saturated carbocycles. The van der Waals surface area contributed by atoms with Gasteiger partial charge in [0.1, 0.15) is 11.8 Å². The molecule has 0 amide bonds. The summed E-state index contributed by atoms with van der Waals surface area (Å²) in [7, 11) is 0.00768. The molecule has 3 rings (SSSR count). The van der Waals surface area contributed by atoms with Crippen LogP contribution in [0, 0.1) is 0 Å². The van der Waals surface area contributed by atoms with Gasteiger partial charge in [0.25, 0.3) is 0 Å². The van der Waals surface area contributed by atoms with Gasteiger partial charge >= 0.3 is 5.97 Å². The Morgan fingerprint density at radius 1 is 1.27 bits per heavy atom. The summed E-state index contributed by atoms with van der Waals surface area (Å²) < 4.78 is 22.4. The molecule has 0 aliphatic carbocycles. The van der Waals surface area contributed by atoms with Crippen molar-refractivity contribution in [3.05, 3.63) is 52.1 Å². The molecular weight excluding hydrogens is 354 g/mol. The highest BCUT2D eigenvalue weighted by molar-refractivity contribution is 7.88. The summed E-state index contributed by atoms with van der Waals surface area (Å²) in [5.74, 6) is 0.143. The van der Waals surface area contributed by atoms with Crippen molar-refractivity contribution in [1.82, 2.24) is 4.90 Å². The normalized spacial score (nSPS) is 19.9. The van der Waals surface area contributed by atoms with Crippen molar-refractivity contribution < 1.29 is 23.3 Å². The third kappa shape index (κ3) is 3.19. The third-order valence-corrected chi connectivity index (χ3v) is 5.55. The third-order valence-electron chi connectivity index (χ3n) is 4.54. The minimum Gasteiger partial charge on any atom is -0.494 e. The van der Waals surface area contributed by atoms with Crippen molar-refractivity contribution in [3.8, 4) is 5.75 Å². The zero-order valence-electron chi connectivity index (χ0n) is 15.0. The van der Waals surface area contributed by atoms with Crippen LogP contribution in [0.3, 0.4) is 0 Å². The van der Waals surface area contributed by atoms with E-state index < -0.39 is 22.8 Å². The first-order chi connectivity index (χ1) is 12.5. The number of hydrogen-bond acceptors (Lipinski definition) is 6. The predicted molar refractivity (Wildman–Crippen MR) is 98.2 cm³/mol. The van der Waals surface area contributed by atoms with E-state index in [0.717, 1.165) is 0 Å². The summed E-state index contributed by atoms with van der Waals surface area (Å²) in [6.45, 7) is 2.96. The Kier molecular flexibility index (Phi) is 5.27. The topological polar surface area (TPSA) is 72.9 Å². The van der Waals surface area contributed by atoms with Crippen LogP contribution in [-0.4, -0.2) is 53.4 Å². The summed E-state index contributed by atoms with van der Waals surface area (Å²) in [5, 5.41) is 0. The Morgan fingerprint density at radius 3 is 2.54 bits per heavy atom. The zero-order valence-corrected chi connectivity index (χ0v) is 15.8. The monoisotopic (exact) mass is 375 g/mol. The molecular formula is C19H21NO5S. The summed E-state index contributed by atoms with van der Waals surface area (Å²) >= 11 is 0. The molecule has 2 aliphatic rings. The van der Waals surface area contributed by atoms with E-state index >= 15 is 0 Å². The molecule has 0 bridgehead atoms. The Labute approximate surface area is 154 Å². The van der Waals surface area contributed by atoms with Crippen LogP contribution < -0.4 is 4.74 Å². The van der Waals surface area contributed by atoms with Crippen LogP contribution in [0.2, 0.25) is 0 Å². The fraction of sp³-hybridized carbons (Fsp3) is 0.368. The second-order valence-corrected chi connectivity index (χ2v) is 7.40. The standard InChI is InChI=1S/C19H21NO5S/c1-4-25-13-7-5-12(6-8-13)18(21)17-16(26(3)23)11-15-14(19(22)24-2)9-10-20(15)17/h5-8,11,17H,4,9-10H2,1-3H3. The van der Waals surface area contributed by atoms with E-state index in [-0.39, 0.29) is 5.78 Å². The lowest BCUT2D eigenvalue weighted by Crippen LogP contribution is -2.37. The number of benzene rings is 1. The number of ether oxygens (including phenoxy) is 2. The second kappa shape index (κ2) is 7.45. The van der Waals surface area contributed by atoms with E-state index in [4.69, 9.17) is 9.47 Å². The van der Waals surface area contributed by atoms with Gasteiger partial charge in [-0.2, -0.15) is 0 Å².